The summed E-state index contributed by atoms with van der Waals surface area (Å²) in [4.78, 5) is 10.8. The first kappa shape index (κ1) is 11.3. The second-order valence-electron chi connectivity index (χ2n) is 3.90. The fraction of sp³-hybridized carbons (Fsp3) is 0.900. The summed E-state index contributed by atoms with van der Waals surface area (Å²) >= 11 is 2.47. The lowest BCUT2D eigenvalue weighted by Gasteiger charge is -2.30. The molecule has 2 unspecified atom stereocenters. The van der Waals surface area contributed by atoms with E-state index in [1.54, 1.807) is 6.92 Å². The van der Waals surface area contributed by atoms with Crippen LogP contribution in [0.4, 0.5) is 0 Å². The molecule has 0 aliphatic heterocycles. The molecule has 2 nitrogen and oxygen atoms in total. The number of rotatable bonds is 3. The Kier molecular flexibility index (Phi) is 5.06. The van der Waals surface area contributed by atoms with Crippen molar-refractivity contribution >= 4 is 28.5 Å². The molecule has 0 spiro atoms. The highest BCUT2D eigenvalue weighted by molar-refractivity contribution is 14.1. The molecule has 0 radical (unpaired) electrons. The Hall–Kier alpha value is 0.200. The van der Waals surface area contributed by atoms with Gasteiger partial charge in [0.15, 0.2) is 0 Å². The minimum Gasteiger partial charge on any atom is -0.356 e. The number of nitrogens with one attached hydrogen (secondary N) is 1. The molecule has 1 fully saturated rings. The van der Waals surface area contributed by atoms with E-state index in [9.17, 15) is 4.79 Å². The SMILES string of the molecule is CC(=O)NCC1CCCCC1CI. The molecule has 2 atom stereocenters. The molecule has 1 N–H and O–H groups in total. The number of hydrogen-bond donors (Lipinski definition) is 1. The number of amides is 1. The van der Waals surface area contributed by atoms with Crippen molar-refractivity contribution in [2.45, 2.75) is 32.6 Å². The number of halogens is 1. The largest absolute Gasteiger partial charge is 0.356 e. The lowest BCUT2D eigenvalue weighted by atomic mass is 9.80. The first-order chi connectivity index (χ1) is 6.24. The van der Waals surface area contributed by atoms with Gasteiger partial charge in [0.2, 0.25) is 5.91 Å². The van der Waals surface area contributed by atoms with Gasteiger partial charge in [-0.05, 0) is 24.7 Å². The van der Waals surface area contributed by atoms with Gasteiger partial charge in [-0.25, -0.2) is 0 Å². The first-order valence-corrected chi connectivity index (χ1v) is 6.57. The van der Waals surface area contributed by atoms with E-state index in [2.05, 4.69) is 27.9 Å². The van der Waals surface area contributed by atoms with E-state index in [1.165, 1.54) is 30.1 Å². The maximum absolute atomic E-state index is 10.8. The predicted molar refractivity (Wildman–Crippen MR) is 63.0 cm³/mol. The summed E-state index contributed by atoms with van der Waals surface area (Å²) in [5.41, 5.74) is 0. The second-order valence-corrected chi connectivity index (χ2v) is 4.78. The molecule has 13 heavy (non-hydrogen) atoms. The second kappa shape index (κ2) is 5.83. The van der Waals surface area contributed by atoms with Crippen molar-refractivity contribution in [3.63, 3.8) is 0 Å². The summed E-state index contributed by atoms with van der Waals surface area (Å²) in [6.45, 7) is 2.49. The van der Waals surface area contributed by atoms with Gasteiger partial charge in [-0.1, -0.05) is 35.4 Å². The zero-order valence-electron chi connectivity index (χ0n) is 8.18. The van der Waals surface area contributed by atoms with Crippen LogP contribution in [0.5, 0.6) is 0 Å². The third kappa shape index (κ3) is 3.83. The molecule has 0 aromatic heterocycles. The Morgan fingerprint density at radius 2 is 2.00 bits per heavy atom. The fourth-order valence-electron chi connectivity index (χ4n) is 2.03. The maximum Gasteiger partial charge on any atom is 0.216 e. The van der Waals surface area contributed by atoms with Crippen LogP contribution in [0.1, 0.15) is 32.6 Å². The van der Waals surface area contributed by atoms with Gasteiger partial charge in [0.25, 0.3) is 0 Å². The van der Waals surface area contributed by atoms with Gasteiger partial charge in [-0.2, -0.15) is 0 Å². The lowest BCUT2D eigenvalue weighted by Crippen LogP contribution is -2.33. The highest BCUT2D eigenvalue weighted by Crippen LogP contribution is 2.30. The van der Waals surface area contributed by atoms with Gasteiger partial charge in [-0.3, -0.25) is 4.79 Å². The molecule has 1 amide bonds. The monoisotopic (exact) mass is 295 g/mol. The van der Waals surface area contributed by atoms with Crippen LogP contribution >= 0.6 is 22.6 Å². The standard InChI is InChI=1S/C10H18INO/c1-8(13)12-7-10-5-3-2-4-9(10)6-11/h9-10H,2-7H2,1H3,(H,12,13). The van der Waals surface area contributed by atoms with Gasteiger partial charge in [0.1, 0.15) is 0 Å². The van der Waals surface area contributed by atoms with E-state index in [0.717, 1.165) is 18.4 Å². The van der Waals surface area contributed by atoms with Crippen LogP contribution in [0.2, 0.25) is 0 Å². The van der Waals surface area contributed by atoms with Crippen molar-refractivity contribution in [1.29, 1.82) is 0 Å². The highest BCUT2D eigenvalue weighted by Gasteiger charge is 2.23. The molecule has 0 aromatic rings. The van der Waals surface area contributed by atoms with E-state index in [4.69, 9.17) is 0 Å². The van der Waals surface area contributed by atoms with Gasteiger partial charge >= 0.3 is 0 Å². The molecule has 0 heterocycles. The summed E-state index contributed by atoms with van der Waals surface area (Å²) in [5, 5.41) is 2.94. The topological polar surface area (TPSA) is 29.1 Å². The number of carbonyl (C=O) groups excluding carboxylic acids is 1. The molecular weight excluding hydrogens is 277 g/mol. The van der Waals surface area contributed by atoms with E-state index in [-0.39, 0.29) is 5.91 Å². The predicted octanol–water partition coefficient (Wildman–Crippen LogP) is 2.36. The third-order valence-electron chi connectivity index (χ3n) is 2.88. The Morgan fingerprint density at radius 3 is 2.54 bits per heavy atom. The van der Waals surface area contributed by atoms with Crippen molar-refractivity contribution in [3.05, 3.63) is 0 Å². The Morgan fingerprint density at radius 1 is 1.38 bits per heavy atom. The minimum atomic E-state index is 0.109. The summed E-state index contributed by atoms with van der Waals surface area (Å²) in [6, 6.07) is 0. The Labute approximate surface area is 94.0 Å². The Balaban J connectivity index is 2.31. The number of alkyl halides is 1. The molecule has 1 aliphatic carbocycles. The fourth-order valence-corrected chi connectivity index (χ4v) is 3.19. The molecule has 76 valence electrons. The average molecular weight is 295 g/mol. The van der Waals surface area contributed by atoms with Crippen LogP contribution in [-0.4, -0.2) is 16.9 Å². The normalized spacial score (nSPS) is 28.5. The average Bonchev–Trinajstić information content (AvgIpc) is 2.15. The Bertz CT molecular complexity index is 172. The smallest absolute Gasteiger partial charge is 0.216 e. The van der Waals surface area contributed by atoms with Crippen LogP contribution in [0.25, 0.3) is 0 Å². The van der Waals surface area contributed by atoms with Crippen LogP contribution < -0.4 is 5.32 Å². The quantitative estimate of drug-likeness (QED) is 0.628. The van der Waals surface area contributed by atoms with E-state index in [0.29, 0.717) is 0 Å². The van der Waals surface area contributed by atoms with Gasteiger partial charge in [0, 0.05) is 17.9 Å². The molecule has 1 saturated carbocycles. The van der Waals surface area contributed by atoms with Crippen LogP contribution in [0, 0.1) is 11.8 Å². The zero-order chi connectivity index (χ0) is 9.68. The number of hydrogen-bond acceptors (Lipinski definition) is 1. The van der Waals surface area contributed by atoms with Crippen LogP contribution in [0.3, 0.4) is 0 Å². The van der Waals surface area contributed by atoms with Crippen molar-refractivity contribution in [1.82, 2.24) is 5.32 Å². The van der Waals surface area contributed by atoms with Gasteiger partial charge in [-0.15, -0.1) is 0 Å². The molecule has 1 rings (SSSR count). The summed E-state index contributed by atoms with van der Waals surface area (Å²) in [5.74, 6) is 1.67. The molecule has 0 aromatic carbocycles. The summed E-state index contributed by atoms with van der Waals surface area (Å²) < 4.78 is 1.24. The molecule has 0 saturated heterocycles. The van der Waals surface area contributed by atoms with Crippen LogP contribution in [-0.2, 0) is 4.79 Å². The van der Waals surface area contributed by atoms with Crippen molar-refractivity contribution in [2.75, 3.05) is 11.0 Å². The van der Waals surface area contributed by atoms with Crippen molar-refractivity contribution < 1.29 is 4.79 Å². The highest BCUT2D eigenvalue weighted by atomic mass is 127. The summed E-state index contributed by atoms with van der Waals surface area (Å²) in [7, 11) is 0. The molecular formula is C10H18INO. The molecule has 1 aliphatic rings. The van der Waals surface area contributed by atoms with E-state index in [1.807, 2.05) is 0 Å². The van der Waals surface area contributed by atoms with Gasteiger partial charge in [0.05, 0.1) is 0 Å². The first-order valence-electron chi connectivity index (χ1n) is 5.04. The zero-order valence-corrected chi connectivity index (χ0v) is 10.3. The third-order valence-corrected chi connectivity index (χ3v) is 4.01. The summed E-state index contributed by atoms with van der Waals surface area (Å²) in [6.07, 6.45) is 5.38. The van der Waals surface area contributed by atoms with E-state index < -0.39 is 0 Å². The van der Waals surface area contributed by atoms with Crippen LogP contribution in [0.15, 0.2) is 0 Å². The van der Waals surface area contributed by atoms with Crippen molar-refractivity contribution in [3.8, 4) is 0 Å². The lowest BCUT2D eigenvalue weighted by molar-refractivity contribution is -0.119. The van der Waals surface area contributed by atoms with Gasteiger partial charge < -0.3 is 5.32 Å². The number of carbonyl (C=O) groups is 1. The molecule has 0 bridgehead atoms. The maximum atomic E-state index is 10.8. The van der Waals surface area contributed by atoms with E-state index >= 15 is 0 Å². The van der Waals surface area contributed by atoms with Crippen molar-refractivity contribution in [2.24, 2.45) is 11.8 Å². The molecule has 3 heteroatoms. The minimum absolute atomic E-state index is 0.109.